The van der Waals surface area contributed by atoms with Gasteiger partial charge < -0.3 is 19.6 Å². The number of methoxy groups -OCH3 is 1. The molecule has 0 spiro atoms. The van der Waals surface area contributed by atoms with Crippen LogP contribution in [0, 0.1) is 23.7 Å². The molecule has 2 rings (SSSR count). The fraction of sp³-hybridized carbons (Fsp3) is 0.786. The molecule has 0 aromatic carbocycles. The number of hydrogen-bond acceptors (Lipinski definition) is 4. The lowest BCUT2D eigenvalue weighted by atomic mass is 9.99. The van der Waals surface area contributed by atoms with Gasteiger partial charge in [-0.2, -0.15) is 0 Å². The minimum atomic E-state index is -0.861. The van der Waals surface area contributed by atoms with E-state index in [4.69, 9.17) is 9.84 Å². The zero-order valence-electron chi connectivity index (χ0n) is 12.6. The Bertz CT molecular complexity index is 453. The predicted molar refractivity (Wildman–Crippen MR) is 73.5 cm³/mol. The first-order valence-electron chi connectivity index (χ1n) is 7.19. The molecule has 0 aromatic rings. The number of nitrogens with zero attached hydrogens (tertiary/aromatic N) is 2. The number of likely N-dealkylation sites (tertiary alicyclic amines) is 2. The molecule has 0 saturated carbocycles. The van der Waals surface area contributed by atoms with E-state index in [0.29, 0.717) is 19.6 Å². The van der Waals surface area contributed by atoms with Gasteiger partial charge in [0.2, 0.25) is 0 Å². The van der Waals surface area contributed by atoms with Gasteiger partial charge in [-0.1, -0.05) is 13.8 Å². The highest BCUT2D eigenvalue weighted by Gasteiger charge is 2.42. The zero-order chi connectivity index (χ0) is 15.7. The molecule has 2 fully saturated rings. The van der Waals surface area contributed by atoms with Crippen molar-refractivity contribution in [2.45, 2.75) is 13.8 Å². The van der Waals surface area contributed by atoms with E-state index in [1.54, 1.807) is 9.80 Å². The van der Waals surface area contributed by atoms with E-state index < -0.39 is 11.9 Å². The van der Waals surface area contributed by atoms with Gasteiger partial charge in [0.15, 0.2) is 0 Å². The van der Waals surface area contributed by atoms with Crippen LogP contribution in [0.25, 0.3) is 0 Å². The molecule has 7 nitrogen and oxygen atoms in total. The maximum Gasteiger partial charge on any atom is 0.320 e. The molecule has 21 heavy (non-hydrogen) atoms. The molecule has 0 bridgehead atoms. The lowest BCUT2D eigenvalue weighted by molar-refractivity contribution is -0.146. The topological polar surface area (TPSA) is 87.2 Å². The number of carboxylic acid groups (broad SMARTS) is 1. The van der Waals surface area contributed by atoms with Gasteiger partial charge in [-0.15, -0.1) is 0 Å². The number of carbonyl (C=O) groups excluding carboxylic acids is 2. The maximum atomic E-state index is 12.5. The normalized spacial score (nSPS) is 32.3. The van der Waals surface area contributed by atoms with Crippen LogP contribution in [0.1, 0.15) is 13.8 Å². The Kier molecular flexibility index (Phi) is 4.39. The van der Waals surface area contributed by atoms with Gasteiger partial charge in [-0.25, -0.2) is 4.79 Å². The molecular weight excluding hydrogens is 276 g/mol. The van der Waals surface area contributed by atoms with E-state index in [0.717, 1.165) is 0 Å². The Labute approximate surface area is 123 Å². The lowest BCUT2D eigenvalue weighted by Gasteiger charge is -2.24. The van der Waals surface area contributed by atoms with Crippen molar-refractivity contribution in [2.24, 2.45) is 23.7 Å². The second-order valence-corrected chi connectivity index (χ2v) is 6.12. The summed E-state index contributed by atoms with van der Waals surface area (Å²) in [7, 11) is 1.35. The fourth-order valence-corrected chi connectivity index (χ4v) is 3.23. The van der Waals surface area contributed by atoms with Crippen molar-refractivity contribution < 1.29 is 24.2 Å². The van der Waals surface area contributed by atoms with Crippen molar-refractivity contribution in [2.75, 3.05) is 33.3 Å². The van der Waals surface area contributed by atoms with E-state index in [1.165, 1.54) is 7.11 Å². The predicted octanol–water partition coefficient (Wildman–Crippen LogP) is 0.500. The highest BCUT2D eigenvalue weighted by atomic mass is 16.5. The molecule has 0 aromatic heterocycles. The van der Waals surface area contributed by atoms with E-state index in [-0.39, 0.29) is 36.3 Å². The molecule has 2 amide bonds. The Hall–Kier alpha value is -1.79. The molecule has 118 valence electrons. The summed E-state index contributed by atoms with van der Waals surface area (Å²) >= 11 is 0. The Morgan fingerprint density at radius 2 is 1.43 bits per heavy atom. The van der Waals surface area contributed by atoms with Crippen LogP contribution in [0.2, 0.25) is 0 Å². The van der Waals surface area contributed by atoms with Crippen LogP contribution in [-0.4, -0.2) is 66.2 Å². The number of carboxylic acids is 1. The number of aliphatic carboxylic acids is 1. The van der Waals surface area contributed by atoms with Crippen LogP contribution in [0.5, 0.6) is 0 Å². The van der Waals surface area contributed by atoms with Gasteiger partial charge in [-0.3, -0.25) is 9.59 Å². The Balaban J connectivity index is 1.99. The van der Waals surface area contributed by atoms with Crippen LogP contribution in [0.3, 0.4) is 0 Å². The molecule has 1 N–H and O–H groups in total. The summed E-state index contributed by atoms with van der Waals surface area (Å²) in [6, 6.07) is -0.177. The lowest BCUT2D eigenvalue weighted by Crippen LogP contribution is -2.41. The number of ether oxygens (including phenoxy) is 1. The fourth-order valence-electron chi connectivity index (χ4n) is 3.23. The summed E-state index contributed by atoms with van der Waals surface area (Å²) in [5, 5.41) is 9.12. The smallest absolute Gasteiger partial charge is 0.320 e. The van der Waals surface area contributed by atoms with E-state index in [9.17, 15) is 14.4 Å². The van der Waals surface area contributed by atoms with Crippen LogP contribution in [0.4, 0.5) is 4.79 Å². The number of hydrogen-bond donors (Lipinski definition) is 1. The molecule has 2 unspecified atom stereocenters. The van der Waals surface area contributed by atoms with Crippen molar-refractivity contribution in [3.8, 4) is 0 Å². The SMILES string of the molecule is COC(=O)C1CN(C(=O)N2C[C@@H](C)[C@H](C(=O)O)C2)CC1C. The summed E-state index contributed by atoms with van der Waals surface area (Å²) < 4.78 is 4.76. The van der Waals surface area contributed by atoms with Crippen LogP contribution < -0.4 is 0 Å². The van der Waals surface area contributed by atoms with E-state index in [1.807, 2.05) is 13.8 Å². The molecule has 2 aliphatic rings. The molecule has 2 saturated heterocycles. The maximum absolute atomic E-state index is 12.5. The monoisotopic (exact) mass is 298 g/mol. The number of urea groups is 1. The number of rotatable bonds is 2. The standard InChI is InChI=1S/C14H22N2O5/c1-8-4-15(6-10(8)12(17)18)14(20)16-5-9(2)11(7-16)13(19)21-3/h8-11H,4-7H2,1-3H3,(H,17,18)/t8-,9?,10-,11?/m1/s1. The average molecular weight is 298 g/mol. The van der Waals surface area contributed by atoms with Crippen molar-refractivity contribution in [3.63, 3.8) is 0 Å². The van der Waals surface area contributed by atoms with Gasteiger partial charge in [0, 0.05) is 26.2 Å². The summed E-state index contributed by atoms with van der Waals surface area (Å²) in [6.45, 7) is 5.29. The first-order chi connectivity index (χ1) is 9.85. The largest absolute Gasteiger partial charge is 0.481 e. The minimum absolute atomic E-state index is 0.0525. The van der Waals surface area contributed by atoms with Gasteiger partial charge in [0.05, 0.1) is 18.9 Å². The van der Waals surface area contributed by atoms with Crippen molar-refractivity contribution >= 4 is 18.0 Å². The van der Waals surface area contributed by atoms with Gasteiger partial charge in [0.25, 0.3) is 0 Å². The third kappa shape index (κ3) is 2.96. The minimum Gasteiger partial charge on any atom is -0.481 e. The summed E-state index contributed by atoms with van der Waals surface area (Å²) in [5.74, 6) is -1.96. The summed E-state index contributed by atoms with van der Waals surface area (Å²) in [5.41, 5.74) is 0. The Morgan fingerprint density at radius 3 is 1.86 bits per heavy atom. The third-order valence-corrected chi connectivity index (χ3v) is 4.59. The van der Waals surface area contributed by atoms with Crippen LogP contribution in [-0.2, 0) is 14.3 Å². The van der Waals surface area contributed by atoms with Crippen LogP contribution in [0.15, 0.2) is 0 Å². The Morgan fingerprint density at radius 1 is 0.952 bits per heavy atom. The van der Waals surface area contributed by atoms with Crippen molar-refractivity contribution in [3.05, 3.63) is 0 Å². The summed E-state index contributed by atoms with van der Waals surface area (Å²) in [6.07, 6.45) is 0. The molecule has 0 aliphatic carbocycles. The summed E-state index contributed by atoms with van der Waals surface area (Å²) in [4.78, 5) is 38.5. The third-order valence-electron chi connectivity index (χ3n) is 4.59. The van der Waals surface area contributed by atoms with E-state index >= 15 is 0 Å². The average Bonchev–Trinajstić information content (AvgIpc) is 3.00. The zero-order valence-corrected chi connectivity index (χ0v) is 12.6. The number of esters is 1. The quantitative estimate of drug-likeness (QED) is 0.750. The molecule has 0 radical (unpaired) electrons. The molecule has 2 aliphatic heterocycles. The highest BCUT2D eigenvalue weighted by Crippen LogP contribution is 2.28. The molecule has 4 atom stereocenters. The number of amides is 2. The van der Waals surface area contributed by atoms with Crippen molar-refractivity contribution in [1.29, 1.82) is 0 Å². The highest BCUT2D eigenvalue weighted by molar-refractivity contribution is 5.80. The van der Waals surface area contributed by atoms with E-state index in [2.05, 4.69) is 0 Å². The van der Waals surface area contributed by atoms with Gasteiger partial charge in [0.1, 0.15) is 0 Å². The number of carbonyl (C=O) groups is 3. The second-order valence-electron chi connectivity index (χ2n) is 6.12. The van der Waals surface area contributed by atoms with Gasteiger partial charge >= 0.3 is 18.0 Å². The van der Waals surface area contributed by atoms with Gasteiger partial charge in [-0.05, 0) is 11.8 Å². The second kappa shape index (κ2) is 5.91. The first kappa shape index (κ1) is 15.6. The van der Waals surface area contributed by atoms with Crippen molar-refractivity contribution in [1.82, 2.24) is 9.80 Å². The van der Waals surface area contributed by atoms with Crippen LogP contribution >= 0.6 is 0 Å². The molecule has 7 heteroatoms. The molecule has 2 heterocycles. The first-order valence-corrected chi connectivity index (χ1v) is 7.19. The molecular formula is C14H22N2O5.